The number of fused-ring (bicyclic) bond motifs is 2. The van der Waals surface area contributed by atoms with Crippen molar-refractivity contribution in [3.8, 4) is 0 Å². The zero-order valence-electron chi connectivity index (χ0n) is 15.6. The third kappa shape index (κ3) is 3.04. The molecule has 138 valence electrons. The molecule has 3 aliphatic heterocycles. The van der Waals surface area contributed by atoms with Crippen LogP contribution in [-0.4, -0.2) is 62.5 Å². The van der Waals surface area contributed by atoms with E-state index < -0.39 is 0 Å². The number of aryl methyl sites for hydroxylation is 1. The Bertz CT molecular complexity index is 1010. The van der Waals surface area contributed by atoms with Crippen molar-refractivity contribution >= 4 is 17.2 Å². The van der Waals surface area contributed by atoms with Gasteiger partial charge in [-0.3, -0.25) is 0 Å². The molecule has 5 heterocycles. The first-order valence-corrected chi connectivity index (χ1v) is 9.43. The average molecular weight is 361 g/mol. The molecule has 3 aliphatic rings. The predicted molar refractivity (Wildman–Crippen MR) is 106 cm³/mol. The van der Waals surface area contributed by atoms with Gasteiger partial charge in [0.15, 0.2) is 5.65 Å². The summed E-state index contributed by atoms with van der Waals surface area (Å²) in [5, 5.41) is 8.15. The molecule has 2 aromatic heterocycles. The molecular weight excluding hydrogens is 338 g/mol. The summed E-state index contributed by atoms with van der Waals surface area (Å²) in [5.41, 5.74) is 4.85. The van der Waals surface area contributed by atoms with Gasteiger partial charge in [0, 0.05) is 38.4 Å². The number of imidazole rings is 1. The van der Waals surface area contributed by atoms with Gasteiger partial charge in [0.05, 0.1) is 23.3 Å². The molecule has 0 aliphatic carbocycles. The van der Waals surface area contributed by atoms with Gasteiger partial charge in [-0.1, -0.05) is 0 Å². The lowest BCUT2D eigenvalue weighted by Crippen LogP contribution is -2.49. The molecule has 7 heteroatoms. The van der Waals surface area contributed by atoms with Crippen LogP contribution in [0.5, 0.6) is 0 Å². The molecule has 0 radical (unpaired) electrons. The summed E-state index contributed by atoms with van der Waals surface area (Å²) in [6.07, 6.45) is 10.6. The molecule has 0 bridgehead atoms. The second-order valence-electron chi connectivity index (χ2n) is 7.30. The number of amidine groups is 1. The maximum atomic E-state index is 4.83. The molecular formula is C20H23N7. The fraction of sp³-hybridized carbons (Fsp3) is 0.350. The van der Waals surface area contributed by atoms with Gasteiger partial charge >= 0.3 is 0 Å². The number of rotatable bonds is 2. The molecule has 0 amide bonds. The molecule has 0 spiro atoms. The Hall–Kier alpha value is -2.93. The maximum absolute atomic E-state index is 4.83. The summed E-state index contributed by atoms with van der Waals surface area (Å²) >= 11 is 0. The van der Waals surface area contributed by atoms with Gasteiger partial charge in [-0.05, 0) is 44.2 Å². The van der Waals surface area contributed by atoms with Crippen LogP contribution < -0.4 is 5.32 Å². The summed E-state index contributed by atoms with van der Waals surface area (Å²) in [6, 6.07) is 4.50. The van der Waals surface area contributed by atoms with Crippen LogP contribution in [-0.2, 0) is 0 Å². The van der Waals surface area contributed by atoms with E-state index in [0.29, 0.717) is 6.04 Å². The second-order valence-corrected chi connectivity index (χ2v) is 7.30. The van der Waals surface area contributed by atoms with E-state index in [1.54, 1.807) is 0 Å². The van der Waals surface area contributed by atoms with E-state index in [4.69, 9.17) is 4.99 Å². The third-order valence-electron chi connectivity index (χ3n) is 5.14. The Labute approximate surface area is 158 Å². The lowest BCUT2D eigenvalue weighted by atomic mass is 10.1. The molecule has 1 saturated heterocycles. The Morgan fingerprint density at radius 3 is 3.04 bits per heavy atom. The van der Waals surface area contributed by atoms with E-state index >= 15 is 0 Å². The highest BCUT2D eigenvalue weighted by Gasteiger charge is 2.22. The quantitative estimate of drug-likeness (QED) is 0.884. The number of piperazine rings is 1. The SMILES string of the molecule is Cc1cn2nc(C3=CCN4C=C(N5CCN[C@@H](C)C5)C=CC4=N3)ccc2n1. The Morgan fingerprint density at radius 2 is 2.15 bits per heavy atom. The van der Waals surface area contributed by atoms with Crippen molar-refractivity contribution in [3.05, 3.63) is 59.8 Å². The van der Waals surface area contributed by atoms with E-state index in [2.05, 4.69) is 56.6 Å². The fourth-order valence-corrected chi connectivity index (χ4v) is 3.78. The van der Waals surface area contributed by atoms with Gasteiger partial charge in [0.2, 0.25) is 0 Å². The smallest absolute Gasteiger partial charge is 0.153 e. The van der Waals surface area contributed by atoms with Crippen LogP contribution in [0.3, 0.4) is 0 Å². The van der Waals surface area contributed by atoms with Crippen molar-refractivity contribution in [1.29, 1.82) is 0 Å². The molecule has 5 rings (SSSR count). The van der Waals surface area contributed by atoms with Crippen molar-refractivity contribution in [2.75, 3.05) is 26.2 Å². The first-order valence-electron chi connectivity index (χ1n) is 9.43. The van der Waals surface area contributed by atoms with E-state index in [1.165, 1.54) is 5.70 Å². The zero-order valence-corrected chi connectivity index (χ0v) is 15.6. The summed E-state index contributed by atoms with van der Waals surface area (Å²) in [4.78, 5) is 13.9. The van der Waals surface area contributed by atoms with Crippen LogP contribution in [0.25, 0.3) is 11.3 Å². The highest BCUT2D eigenvalue weighted by molar-refractivity contribution is 5.99. The largest absolute Gasteiger partial charge is 0.368 e. The number of hydrogen-bond donors (Lipinski definition) is 1. The van der Waals surface area contributed by atoms with Crippen molar-refractivity contribution < 1.29 is 0 Å². The van der Waals surface area contributed by atoms with Gasteiger partial charge < -0.3 is 15.1 Å². The third-order valence-corrected chi connectivity index (χ3v) is 5.14. The van der Waals surface area contributed by atoms with Crippen LogP contribution in [0.4, 0.5) is 0 Å². The van der Waals surface area contributed by atoms with E-state index in [-0.39, 0.29) is 0 Å². The number of aromatic nitrogens is 3. The number of nitrogens with one attached hydrogen (secondary N) is 1. The Balaban J connectivity index is 1.38. The average Bonchev–Trinajstić information content (AvgIpc) is 3.06. The van der Waals surface area contributed by atoms with Crippen LogP contribution in [0.1, 0.15) is 18.3 Å². The first kappa shape index (κ1) is 16.3. The summed E-state index contributed by atoms with van der Waals surface area (Å²) < 4.78 is 1.82. The van der Waals surface area contributed by atoms with Crippen LogP contribution in [0.15, 0.2) is 53.4 Å². The normalized spacial score (nSPS) is 22.4. The van der Waals surface area contributed by atoms with E-state index in [1.807, 2.05) is 29.8 Å². The van der Waals surface area contributed by atoms with Crippen molar-refractivity contribution in [3.63, 3.8) is 0 Å². The molecule has 0 unspecified atom stereocenters. The minimum atomic E-state index is 0.517. The van der Waals surface area contributed by atoms with Crippen molar-refractivity contribution in [1.82, 2.24) is 29.7 Å². The number of nitrogens with zero attached hydrogens (tertiary/aromatic N) is 6. The number of hydrogen-bond acceptors (Lipinski definition) is 6. The van der Waals surface area contributed by atoms with Gasteiger partial charge in [0.25, 0.3) is 0 Å². The minimum absolute atomic E-state index is 0.517. The van der Waals surface area contributed by atoms with Crippen molar-refractivity contribution in [2.45, 2.75) is 19.9 Å². The van der Waals surface area contributed by atoms with Gasteiger partial charge in [-0.2, -0.15) is 5.10 Å². The first-order chi connectivity index (χ1) is 13.2. The minimum Gasteiger partial charge on any atom is -0.368 e. The van der Waals surface area contributed by atoms with Gasteiger partial charge in [0.1, 0.15) is 11.5 Å². The predicted octanol–water partition coefficient (Wildman–Crippen LogP) is 1.80. The monoisotopic (exact) mass is 361 g/mol. The zero-order chi connectivity index (χ0) is 18.4. The lowest BCUT2D eigenvalue weighted by Gasteiger charge is -2.37. The number of allylic oxidation sites excluding steroid dienone is 1. The van der Waals surface area contributed by atoms with Crippen LogP contribution in [0, 0.1) is 6.92 Å². The molecule has 27 heavy (non-hydrogen) atoms. The maximum Gasteiger partial charge on any atom is 0.153 e. The van der Waals surface area contributed by atoms with Gasteiger partial charge in [-0.25, -0.2) is 14.5 Å². The summed E-state index contributed by atoms with van der Waals surface area (Å²) in [5.74, 6) is 0.961. The molecule has 2 aromatic rings. The van der Waals surface area contributed by atoms with Gasteiger partial charge in [-0.15, -0.1) is 0 Å². The molecule has 1 fully saturated rings. The van der Waals surface area contributed by atoms with Crippen LogP contribution in [0.2, 0.25) is 0 Å². The summed E-state index contributed by atoms with van der Waals surface area (Å²) in [7, 11) is 0. The summed E-state index contributed by atoms with van der Waals surface area (Å²) in [6.45, 7) is 8.10. The fourth-order valence-electron chi connectivity index (χ4n) is 3.78. The molecule has 7 nitrogen and oxygen atoms in total. The lowest BCUT2D eigenvalue weighted by molar-refractivity contribution is 0.258. The Kier molecular flexibility index (Phi) is 3.82. The molecule has 0 aromatic carbocycles. The van der Waals surface area contributed by atoms with E-state index in [0.717, 1.165) is 54.7 Å². The molecule has 1 N–H and O–H groups in total. The molecule has 1 atom stereocenters. The number of aliphatic imine (C=N–C) groups is 1. The second kappa shape index (κ2) is 6.35. The van der Waals surface area contributed by atoms with Crippen molar-refractivity contribution in [2.24, 2.45) is 4.99 Å². The standard InChI is InChI=1S/C20H23N7/c1-14-11-25(10-8-21-14)16-3-5-19-23-17(7-9-26(19)13-16)18-4-6-20-22-15(2)12-27(20)24-18/h3-7,12-14,21H,8-11H2,1-2H3/t14-/m0/s1. The van der Waals surface area contributed by atoms with E-state index in [9.17, 15) is 0 Å². The highest BCUT2D eigenvalue weighted by Crippen LogP contribution is 2.23. The molecule has 0 saturated carbocycles. The van der Waals surface area contributed by atoms with Crippen LogP contribution >= 0.6 is 0 Å². The highest BCUT2D eigenvalue weighted by atomic mass is 15.3. The Morgan fingerprint density at radius 1 is 1.22 bits per heavy atom. The topological polar surface area (TPSA) is 61.1 Å².